The number of benzene rings is 3. The van der Waals surface area contributed by atoms with Gasteiger partial charge in [-0.2, -0.15) is 0 Å². The van der Waals surface area contributed by atoms with Crippen molar-refractivity contribution in [1.29, 1.82) is 0 Å². The molecule has 3 aliphatic heterocycles. The van der Waals surface area contributed by atoms with E-state index in [9.17, 15) is 24.6 Å². The lowest BCUT2D eigenvalue weighted by atomic mass is 9.86. The van der Waals surface area contributed by atoms with Gasteiger partial charge in [-0.1, -0.05) is 74.2 Å². The number of esters is 1. The predicted molar refractivity (Wildman–Crippen MR) is 199 cm³/mol. The number of piperidine rings is 3. The Bertz CT molecular complexity index is 1840. The lowest BCUT2D eigenvalue weighted by molar-refractivity contribution is -0.0336. The maximum atomic E-state index is 13.1. The zero-order valence-corrected chi connectivity index (χ0v) is 29.6. The van der Waals surface area contributed by atoms with Crippen LogP contribution in [-0.4, -0.2) is 77.6 Å². The van der Waals surface area contributed by atoms with E-state index in [0.717, 1.165) is 88.7 Å². The summed E-state index contributed by atoms with van der Waals surface area (Å²) in [5.74, 6) is 0.00127. The normalized spacial score (nSPS) is 19.2. The van der Waals surface area contributed by atoms with Crippen LogP contribution in [0.25, 0.3) is 10.9 Å². The molecule has 0 aliphatic carbocycles. The number of amides is 1. The molecule has 276 valence electrons. The number of alkyl carbamates (subject to hydrolysis) is 1. The molecule has 52 heavy (non-hydrogen) atoms. The number of aromatic amines is 1. The zero-order valence-electron chi connectivity index (χ0n) is 29.6. The standard InChI is InChI=1S/C41H50N4O7/c46-34-17-15-32(33-16-18-37(48)43-39(33)34)35(47)26-42-21-8-3-1-2-4-9-24-51-40(49)31-14-10-13-30(25-31)38(29-11-6-5-7-12-29)44-41(50)52-36-27-45-22-19-28(36)20-23-45/h5-7,10-18,25,28,35-36,38,42,46-47H,1-4,8-9,19-24,26-27H2,(H,43,48)(H,44,50). The van der Waals surface area contributed by atoms with Gasteiger partial charge in [-0.3, -0.25) is 9.69 Å². The maximum absolute atomic E-state index is 13.1. The Morgan fingerprint density at radius 2 is 1.63 bits per heavy atom. The van der Waals surface area contributed by atoms with Crippen LogP contribution in [0.3, 0.4) is 0 Å². The fourth-order valence-corrected chi connectivity index (χ4v) is 7.39. The second-order valence-electron chi connectivity index (χ2n) is 14.0. The van der Waals surface area contributed by atoms with Crippen molar-refractivity contribution in [3.8, 4) is 5.75 Å². The molecule has 5 N–H and O–H groups in total. The summed E-state index contributed by atoms with van der Waals surface area (Å²) >= 11 is 0. The molecule has 3 unspecified atom stereocenters. The highest BCUT2D eigenvalue weighted by Gasteiger charge is 2.37. The molecule has 11 nitrogen and oxygen atoms in total. The summed E-state index contributed by atoms with van der Waals surface area (Å²) in [6.07, 6.45) is 6.65. The largest absolute Gasteiger partial charge is 0.506 e. The summed E-state index contributed by atoms with van der Waals surface area (Å²) in [6, 6.07) is 22.6. The summed E-state index contributed by atoms with van der Waals surface area (Å²) < 4.78 is 11.5. The fourth-order valence-electron chi connectivity index (χ4n) is 7.39. The van der Waals surface area contributed by atoms with Gasteiger partial charge in [-0.05, 0) is 92.2 Å². The number of H-pyrrole nitrogens is 1. The van der Waals surface area contributed by atoms with Gasteiger partial charge in [-0.15, -0.1) is 0 Å². The number of nitrogens with zero attached hydrogens (tertiary/aromatic N) is 1. The molecule has 4 aromatic rings. The van der Waals surface area contributed by atoms with Crippen LogP contribution >= 0.6 is 0 Å². The van der Waals surface area contributed by atoms with E-state index in [1.807, 2.05) is 42.5 Å². The van der Waals surface area contributed by atoms with Crippen molar-refractivity contribution in [3.05, 3.63) is 111 Å². The number of aromatic hydroxyl groups is 1. The second kappa shape index (κ2) is 18.2. The number of rotatable bonds is 17. The number of aromatic nitrogens is 1. The van der Waals surface area contributed by atoms with E-state index in [1.54, 1.807) is 24.3 Å². The molecule has 0 radical (unpaired) electrons. The third-order valence-corrected chi connectivity index (χ3v) is 10.3. The first kappa shape index (κ1) is 37.1. The molecule has 0 spiro atoms. The summed E-state index contributed by atoms with van der Waals surface area (Å²) in [5.41, 5.74) is 2.79. The van der Waals surface area contributed by atoms with Crippen molar-refractivity contribution in [2.45, 2.75) is 69.6 Å². The van der Waals surface area contributed by atoms with E-state index in [-0.39, 0.29) is 23.4 Å². The fraction of sp³-hybridized carbons (Fsp3) is 0.439. The van der Waals surface area contributed by atoms with E-state index in [2.05, 4.69) is 20.5 Å². The van der Waals surface area contributed by atoms with Crippen molar-refractivity contribution in [2.24, 2.45) is 5.92 Å². The molecular weight excluding hydrogens is 660 g/mol. The summed E-state index contributed by atoms with van der Waals surface area (Å²) in [4.78, 5) is 42.7. The van der Waals surface area contributed by atoms with Crippen molar-refractivity contribution < 1.29 is 29.3 Å². The van der Waals surface area contributed by atoms with Gasteiger partial charge < -0.3 is 35.3 Å². The summed E-state index contributed by atoms with van der Waals surface area (Å²) in [6.45, 7) is 4.40. The van der Waals surface area contributed by atoms with Gasteiger partial charge in [0.2, 0.25) is 5.56 Å². The van der Waals surface area contributed by atoms with Crippen LogP contribution in [0.1, 0.15) is 90.6 Å². The van der Waals surface area contributed by atoms with Crippen molar-refractivity contribution in [2.75, 3.05) is 39.3 Å². The van der Waals surface area contributed by atoms with Crippen LogP contribution in [0.2, 0.25) is 0 Å². The van der Waals surface area contributed by atoms with Crippen molar-refractivity contribution in [1.82, 2.24) is 20.5 Å². The highest BCUT2D eigenvalue weighted by molar-refractivity contribution is 5.89. The number of ether oxygens (including phenoxy) is 2. The molecule has 3 fully saturated rings. The minimum absolute atomic E-state index is 0.0268. The monoisotopic (exact) mass is 710 g/mol. The minimum Gasteiger partial charge on any atom is -0.506 e. The van der Waals surface area contributed by atoms with Crippen molar-refractivity contribution >= 4 is 23.0 Å². The first-order valence-electron chi connectivity index (χ1n) is 18.6. The first-order chi connectivity index (χ1) is 25.4. The lowest BCUT2D eigenvalue weighted by Gasteiger charge is -2.43. The number of fused-ring (bicyclic) bond motifs is 4. The number of nitrogens with one attached hydrogen (secondary N) is 3. The highest BCUT2D eigenvalue weighted by atomic mass is 16.6. The smallest absolute Gasteiger partial charge is 0.408 e. The SMILES string of the molecule is O=C(NC(c1ccccc1)c1cccc(C(=O)OCCCCCCCCNCC(O)c2ccc(O)c3[nH]c(=O)ccc23)c1)OC1CN2CCC1CC2. The quantitative estimate of drug-likeness (QED) is 0.0660. The molecule has 3 aromatic carbocycles. The van der Waals surface area contributed by atoms with Gasteiger partial charge in [0, 0.05) is 24.5 Å². The Morgan fingerprint density at radius 1 is 0.885 bits per heavy atom. The van der Waals surface area contributed by atoms with Gasteiger partial charge in [0.25, 0.3) is 0 Å². The molecule has 3 aliphatic rings. The number of hydrogen-bond donors (Lipinski definition) is 5. The van der Waals surface area contributed by atoms with Crippen LogP contribution in [0, 0.1) is 5.92 Å². The van der Waals surface area contributed by atoms with Crippen LogP contribution < -0.4 is 16.2 Å². The maximum Gasteiger partial charge on any atom is 0.408 e. The molecule has 1 aromatic heterocycles. The molecule has 3 atom stereocenters. The molecule has 1 amide bonds. The Balaban J connectivity index is 0.883. The Labute approximate surface area is 304 Å². The minimum atomic E-state index is -0.774. The van der Waals surface area contributed by atoms with Gasteiger partial charge in [0.05, 0.1) is 29.8 Å². The number of phenolic OH excluding ortho intramolecular Hbond substituents is 1. The molecule has 3 saturated heterocycles. The molecular formula is C41H50N4O7. The van der Waals surface area contributed by atoms with Crippen LogP contribution in [0.15, 0.2) is 83.7 Å². The Morgan fingerprint density at radius 3 is 2.40 bits per heavy atom. The van der Waals surface area contributed by atoms with Gasteiger partial charge in [0.1, 0.15) is 11.9 Å². The topological polar surface area (TPSA) is 153 Å². The number of unbranched alkanes of at least 4 members (excludes halogenated alkanes) is 5. The average molecular weight is 711 g/mol. The summed E-state index contributed by atoms with van der Waals surface area (Å²) in [5, 5.41) is 27.7. The molecule has 0 saturated carbocycles. The number of aliphatic hydroxyl groups is 1. The van der Waals surface area contributed by atoms with Gasteiger partial charge >= 0.3 is 12.1 Å². The van der Waals surface area contributed by atoms with Crippen LogP contribution in [0.5, 0.6) is 5.75 Å². The van der Waals surface area contributed by atoms with Gasteiger partial charge in [-0.25, -0.2) is 9.59 Å². The first-order valence-corrected chi connectivity index (χ1v) is 18.6. The van der Waals surface area contributed by atoms with E-state index in [1.165, 1.54) is 12.1 Å². The molecule has 2 bridgehead atoms. The lowest BCUT2D eigenvalue weighted by Crippen LogP contribution is -2.52. The van der Waals surface area contributed by atoms with E-state index in [4.69, 9.17) is 9.47 Å². The third kappa shape index (κ3) is 9.78. The second-order valence-corrected chi connectivity index (χ2v) is 14.0. The number of aliphatic hydroxyl groups excluding tert-OH is 1. The predicted octanol–water partition coefficient (Wildman–Crippen LogP) is 5.96. The number of hydrogen-bond acceptors (Lipinski definition) is 9. The van der Waals surface area contributed by atoms with Crippen LogP contribution in [-0.2, 0) is 9.47 Å². The van der Waals surface area contributed by atoms with Crippen molar-refractivity contribution in [3.63, 3.8) is 0 Å². The Hall–Kier alpha value is -4.71. The Kier molecular flexibility index (Phi) is 12.9. The number of carbonyl (C=O) groups excluding carboxylic acids is 2. The zero-order chi connectivity index (χ0) is 36.3. The van der Waals surface area contributed by atoms with E-state index < -0.39 is 18.2 Å². The summed E-state index contributed by atoms with van der Waals surface area (Å²) in [7, 11) is 0. The van der Waals surface area contributed by atoms with Crippen LogP contribution in [0.4, 0.5) is 4.79 Å². The number of phenols is 1. The van der Waals surface area contributed by atoms with E-state index in [0.29, 0.717) is 41.1 Å². The third-order valence-electron chi connectivity index (χ3n) is 10.3. The number of pyridine rings is 1. The highest BCUT2D eigenvalue weighted by Crippen LogP contribution is 2.31. The molecule has 4 heterocycles. The molecule has 11 heteroatoms. The number of carbonyl (C=O) groups is 2. The molecule has 7 rings (SSSR count). The van der Waals surface area contributed by atoms with E-state index >= 15 is 0 Å². The average Bonchev–Trinajstić information content (AvgIpc) is 3.17. The van der Waals surface area contributed by atoms with Gasteiger partial charge in [0.15, 0.2) is 0 Å².